The normalized spacial score (nSPS) is 10.9. The van der Waals surface area contributed by atoms with Gasteiger partial charge in [0.05, 0.1) is 17.6 Å². The molecule has 0 heterocycles. The molecule has 114 valence electrons. The summed E-state index contributed by atoms with van der Waals surface area (Å²) in [5.41, 5.74) is 5.08. The van der Waals surface area contributed by atoms with Crippen molar-refractivity contribution in [3.63, 3.8) is 0 Å². The summed E-state index contributed by atoms with van der Waals surface area (Å²) in [6, 6.07) is 4.05. The number of hydrazine groups is 1. The van der Waals surface area contributed by atoms with E-state index < -0.39 is 4.92 Å². The number of hydrogen-bond acceptors (Lipinski definition) is 7. The van der Waals surface area contributed by atoms with Gasteiger partial charge >= 0.3 is 5.69 Å². The average Bonchev–Trinajstić information content (AvgIpc) is 2.38. The summed E-state index contributed by atoms with van der Waals surface area (Å²) in [6.07, 6.45) is 2.30. The quantitative estimate of drug-likeness (QED) is 0.334. The number of carbonyl (C=O) groups excluding carboxylic acids is 1. The molecule has 4 N–H and O–H groups in total. The Balaban J connectivity index is 3.02. The smallest absolute Gasteiger partial charge is 0.311 e. The number of nitrogens with zero attached hydrogens (tertiary/aromatic N) is 2. The van der Waals surface area contributed by atoms with E-state index in [-0.39, 0.29) is 35.4 Å². The van der Waals surface area contributed by atoms with Crippen molar-refractivity contribution in [1.82, 2.24) is 5.01 Å². The van der Waals surface area contributed by atoms with Crippen LogP contribution < -0.4 is 16.3 Å². The van der Waals surface area contributed by atoms with Gasteiger partial charge in [-0.1, -0.05) is 0 Å². The van der Waals surface area contributed by atoms with Crippen LogP contribution in [0.1, 0.15) is 24.2 Å². The zero-order valence-electron chi connectivity index (χ0n) is 11.9. The first-order chi connectivity index (χ1) is 9.85. The number of rotatable bonds is 7. The molecule has 21 heavy (non-hydrogen) atoms. The molecule has 0 aliphatic carbocycles. The van der Waals surface area contributed by atoms with Crippen LogP contribution in [-0.2, 0) is 0 Å². The number of nitro benzene ring substituents is 1. The second-order valence-electron chi connectivity index (χ2n) is 4.54. The summed E-state index contributed by atoms with van der Waals surface area (Å²) in [5, 5.41) is 12.1. The molecule has 1 rings (SSSR count). The van der Waals surface area contributed by atoms with E-state index in [0.717, 1.165) is 5.01 Å². The van der Waals surface area contributed by atoms with Gasteiger partial charge in [-0.3, -0.25) is 14.9 Å². The molecule has 0 spiro atoms. The van der Waals surface area contributed by atoms with E-state index in [1.165, 1.54) is 30.6 Å². The molecule has 0 fully saturated rings. The van der Waals surface area contributed by atoms with Crippen LogP contribution in [0.5, 0.6) is 5.75 Å². The molecule has 0 radical (unpaired) electrons. The Morgan fingerprint density at radius 2 is 2.19 bits per heavy atom. The van der Waals surface area contributed by atoms with E-state index in [9.17, 15) is 14.9 Å². The van der Waals surface area contributed by atoms with Gasteiger partial charge in [-0.25, -0.2) is 5.84 Å². The summed E-state index contributed by atoms with van der Waals surface area (Å²) in [4.78, 5) is 22.4. The van der Waals surface area contributed by atoms with Crippen molar-refractivity contribution in [1.29, 1.82) is 0 Å². The number of Topliss-reactive ketones (excluding diaryl/α,β-unsaturated/α-hetero) is 1. The van der Waals surface area contributed by atoms with E-state index in [4.69, 9.17) is 16.3 Å². The number of ketones is 1. The van der Waals surface area contributed by atoms with Crippen molar-refractivity contribution < 1.29 is 14.5 Å². The SMILES string of the molecule is CC(C)Oc1ccc(C(=O)CN(N)/C=C\N)cc1[N+](=O)[O-]. The molecule has 0 aliphatic rings. The highest BCUT2D eigenvalue weighted by molar-refractivity contribution is 5.98. The lowest BCUT2D eigenvalue weighted by molar-refractivity contribution is -0.386. The zero-order valence-corrected chi connectivity index (χ0v) is 11.9. The van der Waals surface area contributed by atoms with E-state index in [1.807, 2.05) is 0 Å². The predicted molar refractivity (Wildman–Crippen MR) is 77.4 cm³/mol. The maximum absolute atomic E-state index is 12.0. The Hall–Kier alpha value is -2.61. The van der Waals surface area contributed by atoms with E-state index in [1.54, 1.807) is 13.8 Å². The molecule has 0 saturated carbocycles. The lowest BCUT2D eigenvalue weighted by atomic mass is 10.1. The predicted octanol–water partition coefficient (Wildman–Crippen LogP) is 1.17. The van der Waals surface area contributed by atoms with Crippen molar-refractivity contribution >= 4 is 11.5 Å². The second kappa shape index (κ2) is 7.25. The van der Waals surface area contributed by atoms with Gasteiger partial charge in [-0.2, -0.15) is 0 Å². The van der Waals surface area contributed by atoms with Crippen LogP contribution >= 0.6 is 0 Å². The molecule has 0 aliphatic heterocycles. The number of hydrogen-bond donors (Lipinski definition) is 2. The first-order valence-corrected chi connectivity index (χ1v) is 6.23. The van der Waals surface area contributed by atoms with Crippen LogP contribution in [0.25, 0.3) is 0 Å². The third kappa shape index (κ3) is 4.77. The third-order valence-electron chi connectivity index (χ3n) is 2.44. The minimum atomic E-state index is -0.589. The third-order valence-corrected chi connectivity index (χ3v) is 2.44. The van der Waals surface area contributed by atoms with Gasteiger partial charge in [-0.15, -0.1) is 0 Å². The highest BCUT2D eigenvalue weighted by Gasteiger charge is 2.19. The van der Waals surface area contributed by atoms with Gasteiger partial charge in [0.25, 0.3) is 0 Å². The lowest BCUT2D eigenvalue weighted by Gasteiger charge is -2.13. The molecule has 1 aromatic rings. The Morgan fingerprint density at radius 3 is 2.71 bits per heavy atom. The Bertz CT molecular complexity index is 557. The van der Waals surface area contributed by atoms with Gasteiger partial charge in [0.1, 0.15) is 0 Å². The largest absolute Gasteiger partial charge is 0.484 e. The standard InChI is InChI=1S/C13H18N4O4/c1-9(2)21-13-4-3-10(7-11(13)17(19)20)12(18)8-16(15)6-5-14/h3-7,9H,8,14-15H2,1-2H3/b6-5-. The van der Waals surface area contributed by atoms with Gasteiger partial charge in [0, 0.05) is 24.0 Å². The van der Waals surface area contributed by atoms with Crippen molar-refractivity contribution in [2.45, 2.75) is 20.0 Å². The number of ether oxygens (including phenoxy) is 1. The first-order valence-electron chi connectivity index (χ1n) is 6.23. The van der Waals surface area contributed by atoms with E-state index >= 15 is 0 Å². The molecule has 0 amide bonds. The molecule has 0 atom stereocenters. The number of nitrogens with two attached hydrogens (primary N) is 2. The van der Waals surface area contributed by atoms with E-state index in [0.29, 0.717) is 0 Å². The summed E-state index contributed by atoms with van der Waals surface area (Å²) in [5.74, 6) is 5.26. The van der Waals surface area contributed by atoms with Gasteiger partial charge in [0.2, 0.25) is 0 Å². The fourth-order valence-corrected chi connectivity index (χ4v) is 1.61. The van der Waals surface area contributed by atoms with Crippen molar-refractivity contribution in [2.75, 3.05) is 6.54 Å². The van der Waals surface area contributed by atoms with Gasteiger partial charge in [0.15, 0.2) is 11.5 Å². The molecule has 0 aromatic heterocycles. The zero-order chi connectivity index (χ0) is 16.0. The average molecular weight is 294 g/mol. The summed E-state index contributed by atoms with van der Waals surface area (Å²) >= 11 is 0. The van der Waals surface area contributed by atoms with Crippen molar-refractivity contribution in [2.24, 2.45) is 11.6 Å². The maximum atomic E-state index is 12.0. The molecule has 8 heteroatoms. The van der Waals surface area contributed by atoms with Crippen LogP contribution in [-0.4, -0.2) is 28.4 Å². The summed E-state index contributed by atoms with van der Waals surface area (Å²) < 4.78 is 5.35. The van der Waals surface area contributed by atoms with Gasteiger partial charge < -0.3 is 15.5 Å². The van der Waals surface area contributed by atoms with Crippen LogP contribution in [0.15, 0.2) is 30.6 Å². The number of carbonyl (C=O) groups is 1. The first kappa shape index (κ1) is 16.4. The van der Waals surface area contributed by atoms with Crippen molar-refractivity contribution in [3.05, 3.63) is 46.3 Å². The molecule has 0 bridgehead atoms. The molecule has 0 saturated heterocycles. The highest BCUT2D eigenvalue weighted by atomic mass is 16.6. The fourth-order valence-electron chi connectivity index (χ4n) is 1.61. The van der Waals surface area contributed by atoms with Crippen LogP contribution in [0.4, 0.5) is 5.69 Å². The minimum Gasteiger partial charge on any atom is -0.484 e. The van der Waals surface area contributed by atoms with Crippen molar-refractivity contribution in [3.8, 4) is 5.75 Å². The molecular formula is C13H18N4O4. The number of benzene rings is 1. The maximum Gasteiger partial charge on any atom is 0.311 e. The van der Waals surface area contributed by atoms with E-state index in [2.05, 4.69) is 0 Å². The molecule has 8 nitrogen and oxygen atoms in total. The Kier molecular flexibility index (Phi) is 5.67. The fraction of sp³-hybridized carbons (Fsp3) is 0.308. The molecule has 1 aromatic carbocycles. The van der Waals surface area contributed by atoms with Gasteiger partial charge in [-0.05, 0) is 26.0 Å². The minimum absolute atomic E-state index is 0.123. The second-order valence-corrected chi connectivity index (χ2v) is 4.54. The summed E-state index contributed by atoms with van der Waals surface area (Å²) in [6.45, 7) is 3.37. The Labute approximate surface area is 122 Å². The van der Waals surface area contributed by atoms with Crippen LogP contribution in [0.3, 0.4) is 0 Å². The monoisotopic (exact) mass is 294 g/mol. The number of nitro groups is 1. The van der Waals surface area contributed by atoms with Crippen LogP contribution in [0.2, 0.25) is 0 Å². The highest BCUT2D eigenvalue weighted by Crippen LogP contribution is 2.29. The van der Waals surface area contributed by atoms with Crippen LogP contribution in [0, 0.1) is 10.1 Å². The molecule has 0 unspecified atom stereocenters. The molecular weight excluding hydrogens is 276 g/mol. The Morgan fingerprint density at radius 1 is 1.52 bits per heavy atom. The summed E-state index contributed by atoms with van der Waals surface area (Å²) in [7, 11) is 0. The lowest BCUT2D eigenvalue weighted by Crippen LogP contribution is -2.31. The topological polar surface area (TPSA) is 125 Å².